The Hall–Kier alpha value is -3.39. The van der Waals surface area contributed by atoms with Crippen LogP contribution in [-0.4, -0.2) is 67.2 Å². The molecule has 200 valence electrons. The maximum Gasteiger partial charge on any atom is 0.255 e. The van der Waals surface area contributed by atoms with E-state index >= 15 is 0 Å². The van der Waals surface area contributed by atoms with Gasteiger partial charge in [0.25, 0.3) is 5.91 Å². The number of hydrogen-bond acceptors (Lipinski definition) is 8. The number of carbonyl (C=O) groups is 3. The Labute approximate surface area is 217 Å². The van der Waals surface area contributed by atoms with E-state index < -0.39 is 35.0 Å². The van der Waals surface area contributed by atoms with Gasteiger partial charge >= 0.3 is 0 Å². The summed E-state index contributed by atoms with van der Waals surface area (Å²) in [7, 11) is 2.91. The number of ether oxygens (including phenoxy) is 3. The fourth-order valence-corrected chi connectivity index (χ4v) is 4.65. The molecule has 0 aliphatic carbocycles. The topological polar surface area (TPSA) is 145 Å². The second kappa shape index (κ2) is 13.8. The van der Waals surface area contributed by atoms with Crippen molar-refractivity contribution >= 4 is 28.5 Å². The zero-order chi connectivity index (χ0) is 27.6. The highest BCUT2D eigenvalue weighted by Crippen LogP contribution is 2.38. The largest absolute Gasteiger partial charge is 0.380 e. The van der Waals surface area contributed by atoms with Gasteiger partial charge in [0.15, 0.2) is 11.4 Å². The molecule has 3 atom stereocenters. The van der Waals surface area contributed by atoms with Crippen LogP contribution in [0.4, 0.5) is 0 Å². The number of ketones is 1. The standard InChI is InChI=1S/C27H36N4O6/c1-6-27(37-17-36-5,26(34)31(7-2)8-3)21(20(15-28)25(29)33)14-23(32)24-19(16-35-4)13-18-11-9-10-12-22(18)30-24/h9-13,20-21H,6-8,14,16-17H2,1-5H3,(H2,29,33)/t20?,21?,27-/m0/s1. The molecule has 0 saturated heterocycles. The molecule has 0 saturated carbocycles. The van der Waals surface area contributed by atoms with Gasteiger partial charge in [-0.2, -0.15) is 5.26 Å². The van der Waals surface area contributed by atoms with E-state index in [0.717, 1.165) is 5.39 Å². The molecular weight excluding hydrogens is 476 g/mol. The molecule has 10 nitrogen and oxygen atoms in total. The SMILES string of the molecule is CCN(CC)C(=O)[C@@](CC)(OCOC)C(CC(=O)c1nc2ccccc2cc1COC)C(C#N)C(N)=O. The molecule has 1 aromatic heterocycles. The summed E-state index contributed by atoms with van der Waals surface area (Å²) in [5.41, 5.74) is 5.19. The van der Waals surface area contributed by atoms with E-state index in [0.29, 0.717) is 24.2 Å². The highest BCUT2D eigenvalue weighted by molar-refractivity contribution is 5.99. The summed E-state index contributed by atoms with van der Waals surface area (Å²) in [6, 6.07) is 11.1. The molecule has 2 unspecified atom stereocenters. The Morgan fingerprint density at radius 3 is 2.35 bits per heavy atom. The van der Waals surface area contributed by atoms with Gasteiger partial charge < -0.3 is 24.8 Å². The fourth-order valence-electron chi connectivity index (χ4n) is 4.65. The number of fused-ring (bicyclic) bond motifs is 1. The Bertz CT molecular complexity index is 1140. The van der Waals surface area contributed by atoms with Crippen LogP contribution in [0.1, 0.15) is 49.7 Å². The molecular formula is C27H36N4O6. The molecule has 1 aromatic carbocycles. The number of benzene rings is 1. The molecule has 0 aliphatic rings. The molecule has 0 aliphatic heterocycles. The summed E-state index contributed by atoms with van der Waals surface area (Å²) < 4.78 is 16.4. The van der Waals surface area contributed by atoms with Crippen molar-refractivity contribution in [2.45, 2.75) is 45.8 Å². The zero-order valence-corrected chi connectivity index (χ0v) is 22.2. The monoisotopic (exact) mass is 512 g/mol. The van der Waals surface area contributed by atoms with Crippen LogP contribution in [0, 0.1) is 23.2 Å². The average molecular weight is 513 g/mol. The highest BCUT2D eigenvalue weighted by atomic mass is 16.7. The van der Waals surface area contributed by atoms with Crippen LogP contribution in [0.3, 0.4) is 0 Å². The van der Waals surface area contributed by atoms with E-state index in [-0.39, 0.29) is 31.9 Å². The van der Waals surface area contributed by atoms with Crippen LogP contribution >= 0.6 is 0 Å². The molecule has 0 fully saturated rings. The quantitative estimate of drug-likeness (QED) is 0.283. The third-order valence-electron chi connectivity index (χ3n) is 6.59. The van der Waals surface area contributed by atoms with E-state index in [1.165, 1.54) is 19.1 Å². The van der Waals surface area contributed by atoms with Crippen molar-refractivity contribution in [3.63, 3.8) is 0 Å². The van der Waals surface area contributed by atoms with Gasteiger partial charge in [-0.1, -0.05) is 25.1 Å². The summed E-state index contributed by atoms with van der Waals surface area (Å²) in [6.07, 6.45) is -0.307. The Balaban J connectivity index is 2.70. The van der Waals surface area contributed by atoms with Crippen LogP contribution in [0.5, 0.6) is 0 Å². The minimum atomic E-state index is -1.72. The number of likely N-dealkylation sites (N-methyl/N-ethyl adjacent to an activating group) is 1. The van der Waals surface area contributed by atoms with E-state index in [9.17, 15) is 19.6 Å². The normalized spacial score (nSPS) is 14.4. The number of hydrogen-bond donors (Lipinski definition) is 1. The lowest BCUT2D eigenvalue weighted by molar-refractivity contribution is -0.191. The first-order chi connectivity index (χ1) is 17.7. The number of rotatable bonds is 15. The first-order valence-electron chi connectivity index (χ1n) is 12.3. The number of para-hydroxylation sites is 1. The van der Waals surface area contributed by atoms with E-state index in [1.54, 1.807) is 13.0 Å². The highest BCUT2D eigenvalue weighted by Gasteiger charge is 2.53. The van der Waals surface area contributed by atoms with Gasteiger partial charge in [0, 0.05) is 50.6 Å². The summed E-state index contributed by atoms with van der Waals surface area (Å²) in [6.45, 7) is 5.89. The minimum Gasteiger partial charge on any atom is -0.380 e. The number of Topliss-reactive ketones (excluding diaryl/α,β-unsaturated/α-hetero) is 1. The number of amides is 2. The number of nitrogens with zero attached hydrogens (tertiary/aromatic N) is 3. The Morgan fingerprint density at radius 2 is 1.81 bits per heavy atom. The number of primary amides is 1. The molecule has 2 N–H and O–H groups in total. The van der Waals surface area contributed by atoms with Crippen molar-refractivity contribution in [1.82, 2.24) is 9.88 Å². The van der Waals surface area contributed by atoms with Gasteiger partial charge in [0.2, 0.25) is 5.91 Å². The van der Waals surface area contributed by atoms with Crippen LogP contribution < -0.4 is 5.73 Å². The molecule has 2 rings (SSSR count). The summed E-state index contributed by atoms with van der Waals surface area (Å²) >= 11 is 0. The second-order valence-corrected chi connectivity index (χ2v) is 8.64. The fraction of sp³-hybridized carbons (Fsp3) is 0.519. The van der Waals surface area contributed by atoms with Crippen LogP contribution in [-0.2, 0) is 30.4 Å². The van der Waals surface area contributed by atoms with E-state index in [4.69, 9.17) is 19.9 Å². The number of carbonyl (C=O) groups excluding carboxylic acids is 3. The van der Waals surface area contributed by atoms with Crippen molar-refractivity contribution in [2.24, 2.45) is 17.6 Å². The molecule has 0 radical (unpaired) electrons. The summed E-state index contributed by atoms with van der Waals surface area (Å²) in [5.74, 6) is -4.53. The molecule has 2 aromatic rings. The third kappa shape index (κ3) is 6.49. The van der Waals surface area contributed by atoms with Crippen LogP contribution in [0.2, 0.25) is 0 Å². The third-order valence-corrected chi connectivity index (χ3v) is 6.59. The summed E-state index contributed by atoms with van der Waals surface area (Å²) in [4.78, 5) is 46.2. The van der Waals surface area contributed by atoms with Crippen LogP contribution in [0.15, 0.2) is 30.3 Å². The number of nitriles is 1. The minimum absolute atomic E-state index is 0.0746. The molecule has 0 bridgehead atoms. The van der Waals surface area contributed by atoms with Gasteiger partial charge in [0.05, 0.1) is 18.2 Å². The van der Waals surface area contributed by atoms with Gasteiger partial charge in [-0.15, -0.1) is 0 Å². The molecule has 1 heterocycles. The predicted molar refractivity (Wildman–Crippen MR) is 137 cm³/mol. The Morgan fingerprint density at radius 1 is 1.14 bits per heavy atom. The smallest absolute Gasteiger partial charge is 0.255 e. The average Bonchev–Trinajstić information content (AvgIpc) is 2.89. The number of pyridine rings is 1. The van der Waals surface area contributed by atoms with E-state index in [1.807, 2.05) is 44.2 Å². The molecule has 2 amide bonds. The molecule has 10 heteroatoms. The number of methoxy groups -OCH3 is 2. The molecule has 0 spiro atoms. The maximum absolute atomic E-state index is 13.8. The van der Waals surface area contributed by atoms with Crippen molar-refractivity contribution in [2.75, 3.05) is 34.1 Å². The molecule has 37 heavy (non-hydrogen) atoms. The van der Waals surface area contributed by atoms with Gasteiger partial charge in [-0.25, -0.2) is 4.98 Å². The van der Waals surface area contributed by atoms with Gasteiger partial charge in [-0.05, 0) is 32.4 Å². The van der Waals surface area contributed by atoms with Gasteiger partial charge in [-0.3, -0.25) is 14.4 Å². The number of nitrogens with two attached hydrogens (primary N) is 1. The second-order valence-electron chi connectivity index (χ2n) is 8.64. The van der Waals surface area contributed by atoms with E-state index in [2.05, 4.69) is 4.98 Å². The van der Waals surface area contributed by atoms with Crippen molar-refractivity contribution in [3.8, 4) is 6.07 Å². The lowest BCUT2D eigenvalue weighted by atomic mass is 9.72. The van der Waals surface area contributed by atoms with Crippen LogP contribution in [0.25, 0.3) is 10.9 Å². The number of aromatic nitrogens is 1. The lowest BCUT2D eigenvalue weighted by Gasteiger charge is -2.42. The first kappa shape index (κ1) is 29.8. The maximum atomic E-state index is 13.8. The first-order valence-corrected chi connectivity index (χ1v) is 12.3. The zero-order valence-electron chi connectivity index (χ0n) is 22.2. The lowest BCUT2D eigenvalue weighted by Crippen LogP contribution is -2.58. The van der Waals surface area contributed by atoms with Crippen molar-refractivity contribution < 1.29 is 28.6 Å². The van der Waals surface area contributed by atoms with Crippen molar-refractivity contribution in [3.05, 3.63) is 41.6 Å². The van der Waals surface area contributed by atoms with Gasteiger partial charge in [0.1, 0.15) is 18.4 Å². The predicted octanol–water partition coefficient (Wildman–Crippen LogP) is 2.83. The summed E-state index contributed by atoms with van der Waals surface area (Å²) in [5, 5.41) is 10.8. The van der Waals surface area contributed by atoms with Crippen molar-refractivity contribution in [1.29, 1.82) is 5.26 Å². The Kier molecular flexibility index (Phi) is 11.1.